The summed E-state index contributed by atoms with van der Waals surface area (Å²) in [6, 6.07) is 88.7. The molecule has 1 aliphatic heterocycles. The summed E-state index contributed by atoms with van der Waals surface area (Å²) < 4.78 is 18.1. The lowest BCUT2D eigenvalue weighted by atomic mass is 10.00. The molecule has 0 aliphatic carbocycles. The molecule has 1 aliphatic rings. The predicted octanol–water partition coefficient (Wildman–Crippen LogP) is 17.4. The molecule has 7 heteroatoms. The molecule has 358 valence electrons. The molecule has 4 aromatic heterocycles. The highest BCUT2D eigenvalue weighted by molar-refractivity contribution is 6.19. The molecule has 0 bridgehead atoms. The maximum atomic E-state index is 6.66. The van der Waals surface area contributed by atoms with Crippen molar-refractivity contribution in [2.75, 3.05) is 0 Å². The lowest BCUT2D eigenvalue weighted by Crippen LogP contribution is -2.45. The fourth-order valence-corrected chi connectivity index (χ4v) is 12.0. The molecule has 0 saturated carbocycles. The molecule has 11 aromatic carbocycles. The van der Waals surface area contributed by atoms with E-state index in [0.717, 1.165) is 99.9 Å². The van der Waals surface area contributed by atoms with E-state index in [0.29, 0.717) is 0 Å². The third-order valence-corrected chi connectivity index (χ3v) is 15.6. The molecule has 0 saturated heterocycles. The van der Waals surface area contributed by atoms with Gasteiger partial charge in [-0.3, -0.25) is 5.32 Å². The Labute approximate surface area is 436 Å². The molecule has 15 aromatic rings. The van der Waals surface area contributed by atoms with Crippen LogP contribution in [0.15, 0.2) is 263 Å². The lowest BCUT2D eigenvalue weighted by Gasteiger charge is -2.32. The molecule has 5 heterocycles. The molecule has 0 spiro atoms. The second-order valence-electron chi connectivity index (χ2n) is 19.9. The van der Waals surface area contributed by atoms with Crippen LogP contribution >= 0.6 is 0 Å². The zero-order chi connectivity index (χ0) is 49.8. The highest BCUT2D eigenvalue weighted by Crippen LogP contribution is 2.42. The first-order valence-corrected chi connectivity index (χ1v) is 25.9. The van der Waals surface area contributed by atoms with Gasteiger partial charge in [0.25, 0.3) is 0 Å². The number of para-hydroxylation sites is 3. The van der Waals surface area contributed by atoms with Crippen LogP contribution in [0.4, 0.5) is 0 Å². The van der Waals surface area contributed by atoms with E-state index in [-0.39, 0.29) is 12.3 Å². The van der Waals surface area contributed by atoms with Crippen LogP contribution in [0.2, 0.25) is 0 Å². The van der Waals surface area contributed by atoms with Crippen LogP contribution < -0.4 is 10.6 Å². The third kappa shape index (κ3) is 6.69. The zero-order valence-electron chi connectivity index (χ0n) is 41.0. The molecule has 0 fully saturated rings. The van der Waals surface area contributed by atoms with Crippen LogP contribution in [-0.2, 0) is 0 Å². The lowest BCUT2D eigenvalue weighted by molar-refractivity contribution is 0.409. The van der Waals surface area contributed by atoms with E-state index < -0.39 is 0 Å². The molecule has 2 unspecified atom stereocenters. The van der Waals surface area contributed by atoms with Gasteiger partial charge in [0.15, 0.2) is 0 Å². The van der Waals surface area contributed by atoms with Gasteiger partial charge in [0.2, 0.25) is 0 Å². The molecular formula is C69H45N5O2. The summed E-state index contributed by atoms with van der Waals surface area (Å²) in [6.07, 6.45) is -0.378. The molecule has 7 nitrogen and oxygen atoms in total. The van der Waals surface area contributed by atoms with E-state index in [1.807, 2.05) is 18.2 Å². The van der Waals surface area contributed by atoms with Crippen molar-refractivity contribution in [1.82, 2.24) is 19.8 Å². The number of amidine groups is 1. The highest BCUT2D eigenvalue weighted by Gasteiger charge is 2.27. The van der Waals surface area contributed by atoms with E-state index in [2.05, 4.69) is 250 Å². The number of benzene rings is 11. The quantitative estimate of drug-likeness (QED) is 0.167. The molecule has 76 heavy (non-hydrogen) atoms. The van der Waals surface area contributed by atoms with Crippen LogP contribution in [0, 0.1) is 0 Å². The minimum absolute atomic E-state index is 0.142. The van der Waals surface area contributed by atoms with Gasteiger partial charge in [-0.15, -0.1) is 0 Å². The normalized spacial score (nSPS) is 15.0. The zero-order valence-corrected chi connectivity index (χ0v) is 41.0. The number of aliphatic imine (C=N–C) groups is 1. The van der Waals surface area contributed by atoms with Crippen molar-refractivity contribution in [1.29, 1.82) is 0 Å². The summed E-state index contributed by atoms with van der Waals surface area (Å²) in [7, 11) is 0. The number of hydrogen-bond donors (Lipinski definition) is 2. The van der Waals surface area contributed by atoms with Crippen LogP contribution in [-0.4, -0.2) is 15.0 Å². The highest BCUT2D eigenvalue weighted by atomic mass is 16.3. The van der Waals surface area contributed by atoms with Crippen LogP contribution in [0.1, 0.15) is 29.0 Å². The van der Waals surface area contributed by atoms with E-state index >= 15 is 0 Å². The molecular weight excluding hydrogens is 931 g/mol. The van der Waals surface area contributed by atoms with E-state index in [1.165, 1.54) is 43.7 Å². The average Bonchev–Trinajstić information content (AvgIpc) is 4.28. The first-order valence-electron chi connectivity index (χ1n) is 25.9. The molecule has 0 amide bonds. The van der Waals surface area contributed by atoms with Crippen molar-refractivity contribution in [2.45, 2.75) is 12.3 Å². The number of furan rings is 2. The molecule has 0 radical (unpaired) electrons. The second kappa shape index (κ2) is 16.8. The number of fused-ring (bicyclic) bond motifs is 12. The van der Waals surface area contributed by atoms with Gasteiger partial charge in [0.1, 0.15) is 40.5 Å². The Morgan fingerprint density at radius 1 is 0.342 bits per heavy atom. The average molecular weight is 976 g/mol. The Morgan fingerprint density at radius 3 is 1.57 bits per heavy atom. The third-order valence-electron chi connectivity index (χ3n) is 15.6. The van der Waals surface area contributed by atoms with Gasteiger partial charge in [-0.25, -0.2) is 4.99 Å². The van der Waals surface area contributed by atoms with Crippen LogP contribution in [0.3, 0.4) is 0 Å². The second-order valence-corrected chi connectivity index (χ2v) is 19.9. The Balaban J connectivity index is 0.747. The summed E-state index contributed by atoms with van der Waals surface area (Å²) in [5.74, 6) is 0.818. The maximum Gasteiger partial charge on any atom is 0.136 e. The first kappa shape index (κ1) is 42.5. The number of nitrogens with zero attached hydrogens (tertiary/aromatic N) is 3. The number of hydrogen-bond acceptors (Lipinski definition) is 5. The van der Waals surface area contributed by atoms with Crippen molar-refractivity contribution in [2.24, 2.45) is 4.99 Å². The molecule has 2 atom stereocenters. The standard InChI is InChI=1S/C69H45N5O2/c1-4-15-42(16-5-1)67-70-68(43-17-6-2-7-18-43)72-69(71-67)54-23-14-26-63-66(54)53-33-28-47(40-65(53)76-63)46-27-32-52-57-41-49(31-36-62(57)75-64(52)39-46)74-59-25-13-11-22-51(59)56-38-45(30-35-61(56)74)44-29-34-60-55(37-44)50-21-10-12-24-58(50)73(60)48-19-8-3-9-20-48/h1-41,67-68,70H,(H,71,72). The SMILES string of the molecule is c1ccc(C2N=C(c3cccc4oc5cc(-c6ccc7c(c6)oc6ccc(-n8c9ccccc9c9cc(-c%10ccc%11c(c%10)c%10ccccc%10n%11-c%10ccccc%10)ccc98)cc67)ccc5c34)NC(c3ccccc3)N2)cc1. The topological polar surface area (TPSA) is 72.6 Å². The monoisotopic (exact) mass is 975 g/mol. The smallest absolute Gasteiger partial charge is 0.136 e. The van der Waals surface area contributed by atoms with E-state index in [9.17, 15) is 0 Å². The number of nitrogens with one attached hydrogen (secondary N) is 2. The van der Waals surface area contributed by atoms with Gasteiger partial charge in [0.05, 0.1) is 22.1 Å². The Hall–Kier alpha value is -9.95. The minimum atomic E-state index is -0.236. The van der Waals surface area contributed by atoms with Gasteiger partial charge in [-0.05, 0) is 130 Å². The number of aromatic nitrogens is 2. The van der Waals surface area contributed by atoms with Crippen LogP contribution in [0.25, 0.3) is 121 Å². The maximum absolute atomic E-state index is 6.66. The largest absolute Gasteiger partial charge is 0.456 e. The first-order chi connectivity index (χ1) is 37.6. The Kier molecular flexibility index (Phi) is 9.40. The van der Waals surface area contributed by atoms with Crippen molar-refractivity contribution >= 4 is 93.3 Å². The van der Waals surface area contributed by atoms with E-state index in [4.69, 9.17) is 13.8 Å². The molecule has 16 rings (SSSR count). The summed E-state index contributed by atoms with van der Waals surface area (Å²) in [4.78, 5) is 5.27. The molecule has 2 N–H and O–H groups in total. The van der Waals surface area contributed by atoms with Gasteiger partial charge in [0, 0.05) is 60.0 Å². The fourth-order valence-electron chi connectivity index (χ4n) is 12.0. The minimum Gasteiger partial charge on any atom is -0.456 e. The Bertz CT molecular complexity index is 4830. The summed E-state index contributed by atoms with van der Waals surface area (Å²) in [5.41, 5.74) is 18.0. The summed E-state index contributed by atoms with van der Waals surface area (Å²) >= 11 is 0. The number of rotatable bonds is 7. The predicted molar refractivity (Wildman–Crippen MR) is 312 cm³/mol. The van der Waals surface area contributed by atoms with Crippen molar-refractivity contribution in [3.63, 3.8) is 0 Å². The van der Waals surface area contributed by atoms with Gasteiger partial charge in [-0.1, -0.05) is 152 Å². The van der Waals surface area contributed by atoms with E-state index in [1.54, 1.807) is 0 Å². The van der Waals surface area contributed by atoms with Gasteiger partial charge >= 0.3 is 0 Å². The summed E-state index contributed by atoms with van der Waals surface area (Å²) in [6.45, 7) is 0. The van der Waals surface area contributed by atoms with Crippen LogP contribution in [0.5, 0.6) is 0 Å². The van der Waals surface area contributed by atoms with Crippen molar-refractivity contribution in [3.8, 4) is 33.6 Å². The van der Waals surface area contributed by atoms with Gasteiger partial charge < -0.3 is 23.3 Å². The van der Waals surface area contributed by atoms with Crippen molar-refractivity contribution < 1.29 is 8.83 Å². The van der Waals surface area contributed by atoms with Crippen molar-refractivity contribution in [3.05, 3.63) is 265 Å². The fraction of sp³-hybridized carbons (Fsp3) is 0.0290. The Morgan fingerprint density at radius 2 is 0.882 bits per heavy atom. The van der Waals surface area contributed by atoms with Gasteiger partial charge in [-0.2, -0.15) is 0 Å². The summed E-state index contributed by atoms with van der Waals surface area (Å²) in [5, 5.41) is 16.6.